The van der Waals surface area contributed by atoms with Crippen LogP contribution in [0.3, 0.4) is 0 Å². The zero-order valence-electron chi connectivity index (χ0n) is 10.4. The molecular weight excluding hydrogens is 290 g/mol. The monoisotopic (exact) mass is 305 g/mol. The van der Waals surface area contributed by atoms with Crippen LogP contribution in [0.2, 0.25) is 0 Å². The van der Waals surface area contributed by atoms with Crippen molar-refractivity contribution >= 4 is 15.9 Å². The molecule has 1 N–H and O–H groups in total. The maximum atomic E-state index is 10.0. The van der Waals surface area contributed by atoms with Crippen LogP contribution in [0.15, 0.2) is 34.9 Å². The number of halogens is 1. The Hall–Kier alpha value is -1.06. The lowest BCUT2D eigenvalue weighted by Crippen LogP contribution is -2.11. The average Bonchev–Trinajstić information content (AvgIpc) is 2.78. The largest absolute Gasteiger partial charge is 0.388 e. The van der Waals surface area contributed by atoms with Gasteiger partial charge in [0.15, 0.2) is 0 Å². The lowest BCUT2D eigenvalue weighted by molar-refractivity contribution is 0.156. The first-order valence-corrected chi connectivity index (χ1v) is 7.11. The van der Waals surface area contributed by atoms with E-state index in [9.17, 15) is 5.11 Å². The Bertz CT molecular complexity index is 588. The third-order valence-electron chi connectivity index (χ3n) is 3.78. The number of aromatic nitrogens is 1. The third kappa shape index (κ3) is 1.82. The van der Waals surface area contributed by atoms with E-state index in [0.29, 0.717) is 0 Å². The topological polar surface area (TPSA) is 25.2 Å². The second-order valence-corrected chi connectivity index (χ2v) is 5.73. The fourth-order valence-electron chi connectivity index (χ4n) is 2.75. The van der Waals surface area contributed by atoms with Crippen molar-refractivity contribution in [2.75, 3.05) is 0 Å². The van der Waals surface area contributed by atoms with Gasteiger partial charge in [0.05, 0.1) is 6.10 Å². The zero-order chi connectivity index (χ0) is 12.7. The van der Waals surface area contributed by atoms with Crippen LogP contribution in [0.1, 0.15) is 35.8 Å². The van der Waals surface area contributed by atoms with Crippen molar-refractivity contribution in [3.05, 3.63) is 51.8 Å². The first kappa shape index (κ1) is 12.0. The molecule has 1 unspecified atom stereocenters. The SMILES string of the molecule is Cc1c(Br)cccc1-n1ccc2c1CCCC2O. The van der Waals surface area contributed by atoms with E-state index in [2.05, 4.69) is 57.9 Å². The molecule has 3 rings (SSSR count). The number of aliphatic hydroxyl groups excluding tert-OH is 1. The summed E-state index contributed by atoms with van der Waals surface area (Å²) in [6.07, 6.45) is 4.78. The Labute approximate surface area is 115 Å². The molecule has 0 saturated heterocycles. The number of aliphatic hydroxyl groups is 1. The molecule has 2 nitrogen and oxygen atoms in total. The van der Waals surface area contributed by atoms with Crippen molar-refractivity contribution in [1.82, 2.24) is 4.57 Å². The highest BCUT2D eigenvalue weighted by Gasteiger charge is 2.22. The Kier molecular flexibility index (Phi) is 3.04. The van der Waals surface area contributed by atoms with E-state index in [1.165, 1.54) is 16.9 Å². The lowest BCUT2D eigenvalue weighted by atomic mass is 9.95. The average molecular weight is 306 g/mol. The summed E-state index contributed by atoms with van der Waals surface area (Å²) in [5.41, 5.74) is 4.78. The predicted molar refractivity (Wildman–Crippen MR) is 76.1 cm³/mol. The molecule has 0 saturated carbocycles. The van der Waals surface area contributed by atoms with Crippen molar-refractivity contribution in [2.24, 2.45) is 0 Å². The van der Waals surface area contributed by atoms with E-state index in [0.717, 1.165) is 29.3 Å². The van der Waals surface area contributed by atoms with Crippen molar-refractivity contribution in [2.45, 2.75) is 32.3 Å². The normalized spacial score (nSPS) is 18.7. The molecule has 0 amide bonds. The Morgan fingerprint density at radius 2 is 2.17 bits per heavy atom. The highest BCUT2D eigenvalue weighted by molar-refractivity contribution is 9.10. The van der Waals surface area contributed by atoms with Crippen molar-refractivity contribution < 1.29 is 5.11 Å². The van der Waals surface area contributed by atoms with Gasteiger partial charge in [0, 0.05) is 27.6 Å². The highest BCUT2D eigenvalue weighted by atomic mass is 79.9. The molecule has 2 aromatic rings. The fraction of sp³-hybridized carbons (Fsp3) is 0.333. The van der Waals surface area contributed by atoms with Crippen LogP contribution in [-0.2, 0) is 6.42 Å². The second kappa shape index (κ2) is 4.56. The Balaban J connectivity index is 2.16. The summed E-state index contributed by atoms with van der Waals surface area (Å²) in [6.45, 7) is 2.12. The Morgan fingerprint density at radius 1 is 1.33 bits per heavy atom. The van der Waals surface area contributed by atoms with Gasteiger partial charge < -0.3 is 9.67 Å². The molecule has 94 valence electrons. The molecule has 1 atom stereocenters. The number of nitrogens with zero attached hydrogens (tertiary/aromatic N) is 1. The number of hydrogen-bond donors (Lipinski definition) is 1. The standard InChI is InChI=1S/C15H16BrNO/c1-10-12(16)4-2-5-13(10)17-9-8-11-14(17)6-3-7-15(11)18/h2,4-5,8-9,15,18H,3,6-7H2,1H3. The van der Waals surface area contributed by atoms with Gasteiger partial charge in [-0.1, -0.05) is 22.0 Å². The van der Waals surface area contributed by atoms with E-state index in [1.807, 2.05) is 0 Å². The van der Waals surface area contributed by atoms with Gasteiger partial charge >= 0.3 is 0 Å². The predicted octanol–water partition coefficient (Wildman–Crippen LogP) is 3.92. The smallest absolute Gasteiger partial charge is 0.0807 e. The summed E-state index contributed by atoms with van der Waals surface area (Å²) in [5.74, 6) is 0. The van der Waals surface area contributed by atoms with Gasteiger partial charge in [-0.15, -0.1) is 0 Å². The molecule has 1 aromatic carbocycles. The number of rotatable bonds is 1. The summed E-state index contributed by atoms with van der Waals surface area (Å²) in [7, 11) is 0. The first-order valence-electron chi connectivity index (χ1n) is 6.32. The van der Waals surface area contributed by atoms with Crippen LogP contribution in [0, 0.1) is 6.92 Å². The fourth-order valence-corrected chi connectivity index (χ4v) is 3.11. The quantitative estimate of drug-likeness (QED) is 0.849. The second-order valence-electron chi connectivity index (χ2n) is 4.88. The van der Waals surface area contributed by atoms with Gasteiger partial charge in [-0.05, 0) is 49.9 Å². The maximum absolute atomic E-state index is 10.0. The lowest BCUT2D eigenvalue weighted by Gasteiger charge is -2.21. The van der Waals surface area contributed by atoms with Gasteiger partial charge in [-0.25, -0.2) is 0 Å². The minimum absolute atomic E-state index is 0.289. The molecule has 3 heteroatoms. The van der Waals surface area contributed by atoms with Gasteiger partial charge in [-0.2, -0.15) is 0 Å². The molecule has 0 fully saturated rings. The van der Waals surface area contributed by atoms with Crippen LogP contribution in [0.25, 0.3) is 5.69 Å². The summed E-state index contributed by atoms with van der Waals surface area (Å²) < 4.78 is 3.34. The van der Waals surface area contributed by atoms with E-state index < -0.39 is 0 Å². The van der Waals surface area contributed by atoms with E-state index in [4.69, 9.17) is 0 Å². The maximum Gasteiger partial charge on any atom is 0.0807 e. The van der Waals surface area contributed by atoms with Crippen molar-refractivity contribution in [3.8, 4) is 5.69 Å². The highest BCUT2D eigenvalue weighted by Crippen LogP contribution is 2.33. The molecule has 1 heterocycles. The Morgan fingerprint density at radius 3 is 3.00 bits per heavy atom. The first-order chi connectivity index (χ1) is 8.68. The van der Waals surface area contributed by atoms with E-state index in [1.54, 1.807) is 0 Å². The van der Waals surface area contributed by atoms with Crippen LogP contribution in [0.4, 0.5) is 0 Å². The molecule has 1 aliphatic carbocycles. The number of fused-ring (bicyclic) bond motifs is 1. The molecule has 0 aliphatic heterocycles. The summed E-state index contributed by atoms with van der Waals surface area (Å²) in [4.78, 5) is 0. The number of hydrogen-bond acceptors (Lipinski definition) is 1. The number of benzene rings is 1. The van der Waals surface area contributed by atoms with Gasteiger partial charge in [-0.3, -0.25) is 0 Å². The molecule has 0 radical (unpaired) electrons. The van der Waals surface area contributed by atoms with Crippen LogP contribution < -0.4 is 0 Å². The van der Waals surface area contributed by atoms with E-state index >= 15 is 0 Å². The third-order valence-corrected chi connectivity index (χ3v) is 4.64. The molecule has 18 heavy (non-hydrogen) atoms. The molecule has 0 spiro atoms. The van der Waals surface area contributed by atoms with E-state index in [-0.39, 0.29) is 6.10 Å². The van der Waals surface area contributed by atoms with Gasteiger partial charge in [0.2, 0.25) is 0 Å². The summed E-state index contributed by atoms with van der Waals surface area (Å²) >= 11 is 3.58. The minimum Gasteiger partial charge on any atom is -0.388 e. The molecule has 1 aromatic heterocycles. The van der Waals surface area contributed by atoms with Crippen molar-refractivity contribution in [3.63, 3.8) is 0 Å². The molecule has 1 aliphatic rings. The van der Waals surface area contributed by atoms with Gasteiger partial charge in [0.25, 0.3) is 0 Å². The molecular formula is C15H16BrNO. The van der Waals surface area contributed by atoms with Crippen LogP contribution in [0.5, 0.6) is 0 Å². The van der Waals surface area contributed by atoms with Crippen LogP contribution >= 0.6 is 15.9 Å². The van der Waals surface area contributed by atoms with Crippen molar-refractivity contribution in [1.29, 1.82) is 0 Å². The van der Waals surface area contributed by atoms with Gasteiger partial charge in [0.1, 0.15) is 0 Å². The minimum atomic E-state index is -0.289. The summed E-state index contributed by atoms with van der Waals surface area (Å²) in [6, 6.07) is 8.29. The zero-order valence-corrected chi connectivity index (χ0v) is 11.9. The molecule has 0 bridgehead atoms. The van der Waals surface area contributed by atoms with Crippen LogP contribution in [-0.4, -0.2) is 9.67 Å². The summed E-state index contributed by atoms with van der Waals surface area (Å²) in [5, 5.41) is 10.0.